The molecule has 1 N–H and O–H groups in total. The van der Waals surface area contributed by atoms with Gasteiger partial charge in [0.05, 0.1) is 23.6 Å². The average molecular weight is 235 g/mol. The lowest BCUT2D eigenvalue weighted by atomic mass is 10.1. The molecule has 3 nitrogen and oxygen atoms in total. The van der Waals surface area contributed by atoms with Gasteiger partial charge in [-0.15, -0.1) is 0 Å². The second-order valence-corrected chi connectivity index (χ2v) is 3.40. The molecule has 0 heterocycles. The molecule has 0 unspecified atom stereocenters. The third-order valence-electron chi connectivity index (χ3n) is 1.70. The van der Waals surface area contributed by atoms with Gasteiger partial charge in [-0.1, -0.05) is 23.2 Å². The van der Waals surface area contributed by atoms with Crippen LogP contribution in [0.2, 0.25) is 10.0 Å². The summed E-state index contributed by atoms with van der Waals surface area (Å²) in [6.07, 6.45) is -0.206. The molecule has 0 amide bonds. The van der Waals surface area contributed by atoms with E-state index in [2.05, 4.69) is 0 Å². The predicted molar refractivity (Wildman–Crippen MR) is 54.4 cm³/mol. The van der Waals surface area contributed by atoms with Crippen molar-refractivity contribution in [1.29, 1.82) is 0 Å². The average Bonchev–Trinajstić information content (AvgIpc) is 2.13. The molecule has 0 saturated heterocycles. The Hall–Kier alpha value is -0.930. The first-order chi connectivity index (χ1) is 6.56. The van der Waals surface area contributed by atoms with Crippen LogP contribution in [0.5, 0.6) is 5.75 Å². The minimum Gasteiger partial charge on any atom is -0.496 e. The second kappa shape index (κ2) is 4.53. The molecule has 0 aromatic heterocycles. The van der Waals surface area contributed by atoms with Gasteiger partial charge in [0.15, 0.2) is 0 Å². The lowest BCUT2D eigenvalue weighted by molar-refractivity contribution is -0.136. The molecule has 0 radical (unpaired) electrons. The highest BCUT2D eigenvalue weighted by molar-refractivity contribution is 6.42. The van der Waals surface area contributed by atoms with Crippen molar-refractivity contribution in [3.63, 3.8) is 0 Å². The number of methoxy groups -OCH3 is 1. The van der Waals surface area contributed by atoms with Crippen LogP contribution in [0.1, 0.15) is 5.56 Å². The summed E-state index contributed by atoms with van der Waals surface area (Å²) in [6, 6.07) is 3.15. The first-order valence-electron chi connectivity index (χ1n) is 3.79. The third kappa shape index (κ3) is 2.30. The van der Waals surface area contributed by atoms with Crippen LogP contribution in [0.15, 0.2) is 12.1 Å². The fourth-order valence-electron chi connectivity index (χ4n) is 1.08. The number of hydrogen-bond acceptors (Lipinski definition) is 2. The number of ether oxygens (including phenoxy) is 1. The van der Waals surface area contributed by atoms with Gasteiger partial charge in [0.25, 0.3) is 0 Å². The molecule has 14 heavy (non-hydrogen) atoms. The number of halogens is 2. The number of hydrogen-bond donors (Lipinski definition) is 1. The largest absolute Gasteiger partial charge is 0.496 e. The summed E-state index contributed by atoms with van der Waals surface area (Å²) in [5, 5.41) is 9.20. The van der Waals surface area contributed by atoms with Crippen molar-refractivity contribution in [3.05, 3.63) is 27.7 Å². The van der Waals surface area contributed by atoms with Crippen LogP contribution in [-0.4, -0.2) is 18.2 Å². The quantitative estimate of drug-likeness (QED) is 0.875. The first-order valence-corrected chi connectivity index (χ1v) is 4.54. The molecular formula is C9H8Cl2O3. The highest BCUT2D eigenvalue weighted by atomic mass is 35.5. The van der Waals surface area contributed by atoms with E-state index in [1.165, 1.54) is 7.11 Å². The molecule has 1 aromatic rings. The van der Waals surface area contributed by atoms with Crippen LogP contribution in [0.25, 0.3) is 0 Å². The standard InChI is InChI=1S/C9H8Cl2O3/c1-14-7-3-2-6(10)9(11)5(7)4-8(12)13/h2-3H,4H2,1H3,(H,12,13). The molecule has 0 bridgehead atoms. The molecular weight excluding hydrogens is 227 g/mol. The lowest BCUT2D eigenvalue weighted by Crippen LogP contribution is -2.03. The molecule has 1 aromatic carbocycles. The van der Waals surface area contributed by atoms with E-state index in [0.29, 0.717) is 16.3 Å². The Morgan fingerprint density at radius 1 is 1.50 bits per heavy atom. The summed E-state index contributed by atoms with van der Waals surface area (Å²) in [5.74, 6) is -0.547. The zero-order valence-corrected chi connectivity index (χ0v) is 8.89. The summed E-state index contributed by atoms with van der Waals surface area (Å²) in [4.78, 5) is 10.5. The number of carboxylic acids is 1. The summed E-state index contributed by atoms with van der Waals surface area (Å²) in [5.41, 5.74) is 0.397. The maximum Gasteiger partial charge on any atom is 0.308 e. The molecule has 0 spiro atoms. The molecule has 5 heteroatoms. The smallest absolute Gasteiger partial charge is 0.308 e. The number of aliphatic carboxylic acids is 1. The lowest BCUT2D eigenvalue weighted by Gasteiger charge is -2.09. The Labute approximate surface area is 91.2 Å². The van der Waals surface area contributed by atoms with Crippen LogP contribution in [0.4, 0.5) is 0 Å². The summed E-state index contributed by atoms with van der Waals surface area (Å²) < 4.78 is 4.98. The Morgan fingerprint density at radius 3 is 2.64 bits per heavy atom. The number of rotatable bonds is 3. The highest BCUT2D eigenvalue weighted by Crippen LogP contribution is 2.33. The van der Waals surface area contributed by atoms with Gasteiger partial charge >= 0.3 is 5.97 Å². The van der Waals surface area contributed by atoms with Gasteiger partial charge < -0.3 is 9.84 Å². The third-order valence-corrected chi connectivity index (χ3v) is 2.54. The molecule has 0 atom stereocenters. The second-order valence-electron chi connectivity index (χ2n) is 2.61. The maximum atomic E-state index is 10.5. The number of benzene rings is 1. The van der Waals surface area contributed by atoms with E-state index in [-0.39, 0.29) is 11.4 Å². The monoisotopic (exact) mass is 234 g/mol. The van der Waals surface area contributed by atoms with Crippen LogP contribution in [0, 0.1) is 0 Å². The normalized spacial score (nSPS) is 9.93. The number of carboxylic acid groups (broad SMARTS) is 1. The fraction of sp³-hybridized carbons (Fsp3) is 0.222. The molecule has 0 aliphatic rings. The van der Waals surface area contributed by atoms with Gasteiger partial charge in [-0.3, -0.25) is 4.79 Å². The topological polar surface area (TPSA) is 46.5 Å². The SMILES string of the molecule is COc1ccc(Cl)c(Cl)c1CC(=O)O. The first kappa shape index (κ1) is 11.1. The van der Waals surface area contributed by atoms with Crippen molar-refractivity contribution in [2.45, 2.75) is 6.42 Å². The van der Waals surface area contributed by atoms with Crippen molar-refractivity contribution in [2.24, 2.45) is 0 Å². The molecule has 0 fully saturated rings. The van der Waals surface area contributed by atoms with Crippen molar-refractivity contribution in [3.8, 4) is 5.75 Å². The van der Waals surface area contributed by atoms with Crippen molar-refractivity contribution < 1.29 is 14.6 Å². The van der Waals surface area contributed by atoms with E-state index in [4.69, 9.17) is 33.0 Å². The minimum atomic E-state index is -0.979. The van der Waals surface area contributed by atoms with Gasteiger partial charge in [-0.25, -0.2) is 0 Å². The fourth-order valence-corrected chi connectivity index (χ4v) is 1.48. The van der Waals surface area contributed by atoms with Gasteiger partial charge in [0, 0.05) is 5.56 Å². The van der Waals surface area contributed by atoms with Gasteiger partial charge in [0.1, 0.15) is 5.75 Å². The Morgan fingerprint density at radius 2 is 2.14 bits per heavy atom. The Balaban J connectivity index is 3.20. The van der Waals surface area contributed by atoms with E-state index in [9.17, 15) is 4.79 Å². The van der Waals surface area contributed by atoms with E-state index in [1.54, 1.807) is 12.1 Å². The molecule has 76 valence electrons. The van der Waals surface area contributed by atoms with Crippen molar-refractivity contribution >= 4 is 29.2 Å². The van der Waals surface area contributed by atoms with Crippen molar-refractivity contribution in [1.82, 2.24) is 0 Å². The van der Waals surface area contributed by atoms with Gasteiger partial charge in [-0.05, 0) is 12.1 Å². The summed E-state index contributed by atoms with van der Waals surface area (Å²) >= 11 is 11.6. The summed E-state index contributed by atoms with van der Waals surface area (Å²) in [6.45, 7) is 0. The van der Waals surface area contributed by atoms with E-state index in [1.807, 2.05) is 0 Å². The zero-order valence-electron chi connectivity index (χ0n) is 7.38. The van der Waals surface area contributed by atoms with E-state index in [0.717, 1.165) is 0 Å². The molecule has 1 rings (SSSR count). The molecule has 0 aliphatic carbocycles. The van der Waals surface area contributed by atoms with Crippen LogP contribution < -0.4 is 4.74 Å². The van der Waals surface area contributed by atoms with Gasteiger partial charge in [-0.2, -0.15) is 0 Å². The Kier molecular flexibility index (Phi) is 3.61. The Bertz CT molecular complexity index is 363. The van der Waals surface area contributed by atoms with E-state index < -0.39 is 5.97 Å². The van der Waals surface area contributed by atoms with Crippen molar-refractivity contribution in [2.75, 3.05) is 7.11 Å². The van der Waals surface area contributed by atoms with Crippen LogP contribution in [-0.2, 0) is 11.2 Å². The van der Waals surface area contributed by atoms with Crippen LogP contribution >= 0.6 is 23.2 Å². The van der Waals surface area contributed by atoms with Crippen LogP contribution in [0.3, 0.4) is 0 Å². The molecule has 0 saturated carbocycles. The summed E-state index contributed by atoms with van der Waals surface area (Å²) in [7, 11) is 1.45. The highest BCUT2D eigenvalue weighted by Gasteiger charge is 2.14. The van der Waals surface area contributed by atoms with Gasteiger partial charge in [0.2, 0.25) is 0 Å². The zero-order chi connectivity index (χ0) is 10.7. The van der Waals surface area contributed by atoms with E-state index >= 15 is 0 Å². The maximum absolute atomic E-state index is 10.5. The minimum absolute atomic E-state index is 0.206. The number of carbonyl (C=O) groups is 1. The predicted octanol–water partition coefficient (Wildman–Crippen LogP) is 2.63. The molecule has 0 aliphatic heterocycles.